The van der Waals surface area contributed by atoms with Crippen molar-refractivity contribution in [2.75, 3.05) is 19.4 Å². The Morgan fingerprint density at radius 3 is 2.86 bits per heavy atom. The Labute approximate surface area is 213 Å². The van der Waals surface area contributed by atoms with Crippen LogP contribution in [-0.4, -0.2) is 51.6 Å². The van der Waals surface area contributed by atoms with Gasteiger partial charge in [0.05, 0.1) is 28.8 Å². The van der Waals surface area contributed by atoms with Gasteiger partial charge in [0.25, 0.3) is 0 Å². The van der Waals surface area contributed by atoms with Crippen LogP contribution in [0.15, 0.2) is 31.0 Å². The molecule has 5 rings (SSSR count). The zero-order chi connectivity index (χ0) is 26.4. The Morgan fingerprint density at radius 1 is 1.38 bits per heavy atom. The highest BCUT2D eigenvalue weighted by atomic mass is 32.1. The molecule has 0 bridgehead atoms. The maximum atomic E-state index is 16.0. The number of nitrogen functional groups attached to an aromatic ring is 1. The Bertz CT molecular complexity index is 1630. The summed E-state index contributed by atoms with van der Waals surface area (Å²) in [6.45, 7) is 5.84. The highest BCUT2D eigenvalue weighted by Gasteiger charge is 2.35. The Morgan fingerprint density at radius 2 is 2.16 bits per heavy atom. The van der Waals surface area contributed by atoms with Gasteiger partial charge >= 0.3 is 6.01 Å². The second-order valence-corrected chi connectivity index (χ2v) is 9.42. The third-order valence-electron chi connectivity index (χ3n) is 6.40. The van der Waals surface area contributed by atoms with Crippen LogP contribution in [0.1, 0.15) is 18.9 Å². The fraction of sp³-hybridized carbons (Fsp3) is 0.240. The summed E-state index contributed by atoms with van der Waals surface area (Å²) in [7, 11) is 1.34. The van der Waals surface area contributed by atoms with Crippen LogP contribution >= 0.6 is 11.3 Å². The summed E-state index contributed by atoms with van der Waals surface area (Å²) in [6, 6.07) is 4.08. The van der Waals surface area contributed by atoms with Crippen LogP contribution in [0.5, 0.6) is 11.9 Å². The third-order valence-corrected chi connectivity index (χ3v) is 7.43. The molecule has 1 aromatic carbocycles. The molecule has 188 valence electrons. The van der Waals surface area contributed by atoms with Gasteiger partial charge in [-0.05, 0) is 25.1 Å². The van der Waals surface area contributed by atoms with Crippen molar-refractivity contribution in [1.29, 1.82) is 5.26 Å². The molecule has 1 aliphatic rings. The van der Waals surface area contributed by atoms with Crippen molar-refractivity contribution in [2.45, 2.75) is 25.5 Å². The Balaban J connectivity index is 1.64. The molecule has 12 heteroatoms. The number of carbonyl (C=O) groups excluding carboxylic acids is 1. The van der Waals surface area contributed by atoms with Crippen molar-refractivity contribution >= 4 is 43.2 Å². The number of anilines is 1. The molecular formula is C25H20F2N6O3S. The minimum atomic E-state index is -0.826. The molecule has 2 atom stereocenters. The predicted octanol–water partition coefficient (Wildman–Crippen LogP) is 4.20. The minimum absolute atomic E-state index is 0.0475. The lowest BCUT2D eigenvalue weighted by atomic mass is 10.0. The fourth-order valence-corrected chi connectivity index (χ4v) is 5.47. The number of hydrogen-bond donors (Lipinski definition) is 1. The van der Waals surface area contributed by atoms with Gasteiger partial charge in [0.1, 0.15) is 34.2 Å². The smallest absolute Gasteiger partial charge is 0.320 e. The van der Waals surface area contributed by atoms with Gasteiger partial charge in [-0.25, -0.2) is 8.78 Å². The average molecular weight is 523 g/mol. The lowest BCUT2D eigenvalue weighted by molar-refractivity contribution is -0.127. The number of likely N-dealkylation sites (tertiary alicyclic amines) is 1. The number of hydrogen-bond acceptors (Lipinski definition) is 9. The fourth-order valence-electron chi connectivity index (χ4n) is 4.52. The molecule has 1 aliphatic heterocycles. The first kappa shape index (κ1) is 24.3. The SMILES string of the molecule is C=CC(=O)N1CC[C@@H](Oc2nc(OC)nc3c(F)c(-c4ccc(F)c5sc(N)c(C#N)c45)ncc23)[C@H]1C. The maximum Gasteiger partial charge on any atom is 0.320 e. The highest BCUT2D eigenvalue weighted by Crippen LogP contribution is 2.42. The van der Waals surface area contributed by atoms with Gasteiger partial charge in [-0.1, -0.05) is 6.58 Å². The first-order valence-corrected chi connectivity index (χ1v) is 12.0. The maximum absolute atomic E-state index is 16.0. The molecule has 1 saturated heterocycles. The standard InChI is InChI=1S/C25H20F2N6O3S/c1-4-17(34)33-8-7-16(11(33)2)36-24-14-10-30-20(19(27)21(14)31-25(32-24)35-3)12-5-6-15(26)22-18(12)13(9-28)23(29)37-22/h4-6,10-11,16H,1,7-8,29H2,2-3H3/t11-,16-/m1/s1. The number of carbonyl (C=O) groups is 1. The monoisotopic (exact) mass is 522 g/mol. The van der Waals surface area contributed by atoms with E-state index in [1.54, 1.807) is 4.90 Å². The van der Waals surface area contributed by atoms with E-state index in [1.807, 2.05) is 13.0 Å². The second-order valence-electron chi connectivity index (χ2n) is 8.37. The first-order chi connectivity index (χ1) is 17.8. The van der Waals surface area contributed by atoms with E-state index in [2.05, 4.69) is 21.5 Å². The predicted molar refractivity (Wildman–Crippen MR) is 134 cm³/mol. The van der Waals surface area contributed by atoms with Crippen LogP contribution in [-0.2, 0) is 4.79 Å². The quantitative estimate of drug-likeness (QED) is 0.387. The number of benzene rings is 1. The largest absolute Gasteiger partial charge is 0.471 e. The number of thiophene rings is 1. The molecular weight excluding hydrogens is 502 g/mol. The summed E-state index contributed by atoms with van der Waals surface area (Å²) in [5, 5.41) is 10.1. The number of ether oxygens (including phenoxy) is 2. The molecule has 1 fully saturated rings. The van der Waals surface area contributed by atoms with E-state index < -0.39 is 17.7 Å². The van der Waals surface area contributed by atoms with Crippen molar-refractivity contribution in [2.24, 2.45) is 0 Å². The third kappa shape index (κ3) is 3.88. The van der Waals surface area contributed by atoms with Crippen LogP contribution in [0.2, 0.25) is 0 Å². The number of nitrogens with two attached hydrogens (primary N) is 1. The number of fused-ring (bicyclic) bond motifs is 2. The normalized spacial score (nSPS) is 17.2. The zero-order valence-electron chi connectivity index (χ0n) is 19.8. The molecule has 0 saturated carbocycles. The molecule has 2 N–H and O–H groups in total. The van der Waals surface area contributed by atoms with E-state index in [4.69, 9.17) is 15.2 Å². The van der Waals surface area contributed by atoms with Gasteiger partial charge < -0.3 is 20.1 Å². The zero-order valence-corrected chi connectivity index (χ0v) is 20.6. The molecule has 9 nitrogen and oxygen atoms in total. The summed E-state index contributed by atoms with van der Waals surface area (Å²) in [5.74, 6) is -1.57. The Hall–Kier alpha value is -4.37. The summed E-state index contributed by atoms with van der Waals surface area (Å²) < 4.78 is 41.9. The minimum Gasteiger partial charge on any atom is -0.471 e. The van der Waals surface area contributed by atoms with E-state index in [-0.39, 0.29) is 66.7 Å². The molecule has 4 heterocycles. The Kier molecular flexibility index (Phi) is 6.08. The number of methoxy groups -OCH3 is 1. The summed E-state index contributed by atoms with van der Waals surface area (Å²) in [6.07, 6.45) is 2.71. The van der Waals surface area contributed by atoms with Gasteiger partial charge in [-0.15, -0.1) is 11.3 Å². The van der Waals surface area contributed by atoms with Crippen LogP contribution in [0, 0.1) is 23.0 Å². The number of rotatable bonds is 5. The van der Waals surface area contributed by atoms with E-state index in [0.29, 0.717) is 13.0 Å². The van der Waals surface area contributed by atoms with Crippen LogP contribution in [0.4, 0.5) is 13.8 Å². The van der Waals surface area contributed by atoms with Gasteiger partial charge in [-0.3, -0.25) is 9.78 Å². The van der Waals surface area contributed by atoms with Crippen molar-refractivity contribution in [3.8, 4) is 29.2 Å². The topological polar surface area (TPSA) is 127 Å². The number of nitrogens with zero attached hydrogens (tertiary/aromatic N) is 5. The van der Waals surface area contributed by atoms with E-state index in [9.17, 15) is 14.4 Å². The molecule has 0 spiro atoms. The lowest BCUT2D eigenvalue weighted by Crippen LogP contribution is -2.38. The number of aromatic nitrogens is 3. The van der Waals surface area contributed by atoms with E-state index in [1.165, 1.54) is 31.5 Å². The van der Waals surface area contributed by atoms with E-state index in [0.717, 1.165) is 11.3 Å². The summed E-state index contributed by atoms with van der Waals surface area (Å²) >= 11 is 0.909. The van der Waals surface area contributed by atoms with E-state index >= 15 is 4.39 Å². The van der Waals surface area contributed by atoms with Gasteiger partial charge in [-0.2, -0.15) is 15.2 Å². The van der Waals surface area contributed by atoms with Crippen LogP contribution in [0.25, 0.3) is 32.2 Å². The van der Waals surface area contributed by atoms with Crippen LogP contribution < -0.4 is 15.2 Å². The number of pyridine rings is 1. The summed E-state index contributed by atoms with van der Waals surface area (Å²) in [4.78, 5) is 26.4. The van der Waals surface area contributed by atoms with Gasteiger partial charge in [0.15, 0.2) is 5.82 Å². The molecule has 4 aromatic rings. The molecule has 0 unspecified atom stereocenters. The molecule has 3 aromatic heterocycles. The van der Waals surface area contributed by atoms with Crippen LogP contribution in [0.3, 0.4) is 0 Å². The lowest BCUT2D eigenvalue weighted by Gasteiger charge is -2.24. The number of halogens is 2. The summed E-state index contributed by atoms with van der Waals surface area (Å²) in [5.41, 5.74) is 5.90. The number of amides is 1. The molecule has 0 radical (unpaired) electrons. The molecule has 0 aliphatic carbocycles. The molecule has 1 amide bonds. The second kappa shape index (κ2) is 9.25. The number of nitriles is 1. The molecule has 37 heavy (non-hydrogen) atoms. The van der Waals surface area contributed by atoms with Gasteiger partial charge in [0.2, 0.25) is 11.8 Å². The van der Waals surface area contributed by atoms with Crippen molar-refractivity contribution in [1.82, 2.24) is 19.9 Å². The first-order valence-electron chi connectivity index (χ1n) is 11.2. The highest BCUT2D eigenvalue weighted by molar-refractivity contribution is 7.23. The van der Waals surface area contributed by atoms with Crippen molar-refractivity contribution in [3.05, 3.63) is 48.2 Å². The van der Waals surface area contributed by atoms with Crippen molar-refractivity contribution < 1.29 is 23.0 Å². The average Bonchev–Trinajstić information content (AvgIpc) is 3.44. The van der Waals surface area contributed by atoms with Gasteiger partial charge in [0, 0.05) is 30.1 Å². The van der Waals surface area contributed by atoms with Crippen molar-refractivity contribution in [3.63, 3.8) is 0 Å².